The van der Waals surface area contributed by atoms with Crippen LogP contribution in [0, 0.1) is 5.92 Å². The molecular formula is C12H21NO3. The minimum Gasteiger partial charge on any atom is -0.391 e. The smallest absolute Gasteiger partial charge is 0.225 e. The molecule has 1 saturated carbocycles. The molecule has 0 bridgehead atoms. The fourth-order valence-electron chi connectivity index (χ4n) is 2.53. The Morgan fingerprint density at radius 1 is 1.19 bits per heavy atom. The number of aliphatic hydroxyl groups excluding tert-OH is 1. The zero-order valence-corrected chi connectivity index (χ0v) is 9.65. The molecule has 16 heavy (non-hydrogen) atoms. The highest BCUT2D eigenvalue weighted by Gasteiger charge is 2.28. The normalized spacial score (nSPS) is 35.7. The van der Waals surface area contributed by atoms with Gasteiger partial charge in [0.15, 0.2) is 0 Å². The number of hydrogen-bond acceptors (Lipinski definition) is 3. The van der Waals surface area contributed by atoms with Crippen LogP contribution in [0.15, 0.2) is 0 Å². The number of hydrogen-bond donors (Lipinski definition) is 2. The van der Waals surface area contributed by atoms with Crippen LogP contribution in [-0.4, -0.2) is 36.4 Å². The number of ether oxygens (including phenoxy) is 1. The molecule has 0 aromatic carbocycles. The minimum absolute atomic E-state index is 0.0112. The molecule has 1 aliphatic carbocycles. The van der Waals surface area contributed by atoms with Crippen LogP contribution in [0.4, 0.5) is 0 Å². The molecule has 4 heteroatoms. The van der Waals surface area contributed by atoms with Crippen molar-refractivity contribution in [1.82, 2.24) is 5.32 Å². The van der Waals surface area contributed by atoms with E-state index in [2.05, 4.69) is 5.32 Å². The quantitative estimate of drug-likeness (QED) is 0.734. The number of carbonyl (C=O) groups is 1. The average molecular weight is 227 g/mol. The lowest BCUT2D eigenvalue weighted by Crippen LogP contribution is -2.48. The first kappa shape index (κ1) is 11.9. The van der Waals surface area contributed by atoms with Crippen molar-refractivity contribution in [2.75, 3.05) is 13.2 Å². The Bertz CT molecular complexity index is 238. The monoisotopic (exact) mass is 227 g/mol. The molecule has 1 aliphatic heterocycles. The second kappa shape index (κ2) is 5.64. The first-order valence-corrected chi connectivity index (χ1v) is 6.33. The van der Waals surface area contributed by atoms with Crippen LogP contribution in [-0.2, 0) is 9.53 Å². The summed E-state index contributed by atoms with van der Waals surface area (Å²) in [6.07, 6.45) is 5.40. The van der Waals surface area contributed by atoms with E-state index >= 15 is 0 Å². The van der Waals surface area contributed by atoms with Gasteiger partial charge in [0, 0.05) is 6.61 Å². The lowest BCUT2D eigenvalue weighted by atomic mass is 9.91. The highest BCUT2D eigenvalue weighted by molar-refractivity contribution is 5.79. The van der Waals surface area contributed by atoms with Gasteiger partial charge in [0.25, 0.3) is 0 Å². The fraction of sp³-hybridized carbons (Fsp3) is 0.917. The molecular weight excluding hydrogens is 206 g/mol. The summed E-state index contributed by atoms with van der Waals surface area (Å²) in [4.78, 5) is 11.9. The van der Waals surface area contributed by atoms with Gasteiger partial charge < -0.3 is 15.2 Å². The van der Waals surface area contributed by atoms with Gasteiger partial charge in [0.1, 0.15) is 0 Å². The highest BCUT2D eigenvalue weighted by Crippen LogP contribution is 2.20. The van der Waals surface area contributed by atoms with Crippen molar-refractivity contribution in [2.45, 2.75) is 50.7 Å². The zero-order chi connectivity index (χ0) is 11.4. The molecule has 0 aromatic rings. The van der Waals surface area contributed by atoms with E-state index in [9.17, 15) is 9.90 Å². The Hall–Kier alpha value is -0.610. The molecule has 2 aliphatic rings. The Morgan fingerprint density at radius 3 is 2.69 bits per heavy atom. The summed E-state index contributed by atoms with van der Waals surface area (Å²) in [7, 11) is 0. The second-order valence-electron chi connectivity index (χ2n) is 4.88. The maximum atomic E-state index is 11.9. The average Bonchev–Trinajstić information content (AvgIpc) is 2.33. The maximum absolute atomic E-state index is 11.9. The summed E-state index contributed by atoms with van der Waals surface area (Å²) in [5.74, 6) is 0.0496. The molecule has 2 N–H and O–H groups in total. The molecule has 1 saturated heterocycles. The van der Waals surface area contributed by atoms with Crippen molar-refractivity contribution in [3.63, 3.8) is 0 Å². The van der Waals surface area contributed by atoms with Gasteiger partial charge in [-0.2, -0.15) is 0 Å². The molecule has 92 valence electrons. The third kappa shape index (κ3) is 2.95. The summed E-state index contributed by atoms with van der Waals surface area (Å²) in [5.41, 5.74) is 0. The molecule has 0 aromatic heterocycles. The van der Waals surface area contributed by atoms with Crippen molar-refractivity contribution in [2.24, 2.45) is 5.92 Å². The third-order valence-corrected chi connectivity index (χ3v) is 3.59. The first-order chi connectivity index (χ1) is 7.77. The van der Waals surface area contributed by atoms with Crippen LogP contribution >= 0.6 is 0 Å². The van der Waals surface area contributed by atoms with Crippen LogP contribution in [0.1, 0.15) is 38.5 Å². The third-order valence-electron chi connectivity index (χ3n) is 3.59. The summed E-state index contributed by atoms with van der Waals surface area (Å²) in [6, 6.07) is -0.0387. The van der Waals surface area contributed by atoms with Crippen LogP contribution in [0.2, 0.25) is 0 Å². The zero-order valence-electron chi connectivity index (χ0n) is 9.65. The molecule has 2 rings (SSSR count). The lowest BCUT2D eigenvalue weighted by molar-refractivity contribution is -0.130. The van der Waals surface area contributed by atoms with Crippen molar-refractivity contribution in [1.29, 1.82) is 0 Å². The van der Waals surface area contributed by atoms with E-state index in [0.29, 0.717) is 6.61 Å². The Kier molecular flexibility index (Phi) is 4.18. The predicted molar refractivity (Wildman–Crippen MR) is 59.9 cm³/mol. The number of amides is 1. The fourth-order valence-corrected chi connectivity index (χ4v) is 2.53. The van der Waals surface area contributed by atoms with Gasteiger partial charge in [-0.05, 0) is 25.7 Å². The Balaban J connectivity index is 1.80. The lowest BCUT2D eigenvalue weighted by Gasteiger charge is -2.30. The molecule has 3 atom stereocenters. The summed E-state index contributed by atoms with van der Waals surface area (Å²) >= 11 is 0. The van der Waals surface area contributed by atoms with E-state index in [1.54, 1.807) is 0 Å². The molecule has 0 radical (unpaired) electrons. The SMILES string of the molecule is O=C(NC1CCCCC1O)C1CCCOC1. The standard InChI is InChI=1S/C12H21NO3/c14-11-6-2-1-5-10(11)13-12(15)9-4-3-7-16-8-9/h9-11,14H,1-8H2,(H,13,15). The highest BCUT2D eigenvalue weighted by atomic mass is 16.5. The van der Waals surface area contributed by atoms with Gasteiger partial charge in [0.2, 0.25) is 5.91 Å². The van der Waals surface area contributed by atoms with Crippen molar-refractivity contribution in [3.05, 3.63) is 0 Å². The molecule has 4 nitrogen and oxygen atoms in total. The number of rotatable bonds is 2. The minimum atomic E-state index is -0.359. The molecule has 3 unspecified atom stereocenters. The van der Waals surface area contributed by atoms with E-state index in [4.69, 9.17) is 4.74 Å². The van der Waals surface area contributed by atoms with E-state index in [1.807, 2.05) is 0 Å². The number of nitrogens with one attached hydrogen (secondary N) is 1. The molecule has 1 heterocycles. The van der Waals surface area contributed by atoms with Gasteiger partial charge in [0.05, 0.1) is 24.7 Å². The van der Waals surface area contributed by atoms with Crippen molar-refractivity contribution < 1.29 is 14.6 Å². The predicted octanol–water partition coefficient (Wildman–Crippen LogP) is 0.833. The Morgan fingerprint density at radius 2 is 2.00 bits per heavy atom. The van der Waals surface area contributed by atoms with E-state index in [-0.39, 0.29) is 24.0 Å². The summed E-state index contributed by atoms with van der Waals surface area (Å²) in [6.45, 7) is 1.31. The molecule has 0 spiro atoms. The van der Waals surface area contributed by atoms with Crippen molar-refractivity contribution in [3.8, 4) is 0 Å². The molecule has 2 fully saturated rings. The number of carbonyl (C=O) groups excluding carboxylic acids is 1. The van der Waals surface area contributed by atoms with Gasteiger partial charge in [-0.1, -0.05) is 12.8 Å². The summed E-state index contributed by atoms with van der Waals surface area (Å²) < 4.78 is 5.30. The van der Waals surface area contributed by atoms with Gasteiger partial charge in [-0.3, -0.25) is 4.79 Å². The number of aliphatic hydroxyl groups is 1. The van der Waals surface area contributed by atoms with Crippen LogP contribution in [0.25, 0.3) is 0 Å². The van der Waals surface area contributed by atoms with Crippen LogP contribution < -0.4 is 5.32 Å². The Labute approximate surface area is 96.4 Å². The van der Waals surface area contributed by atoms with E-state index in [0.717, 1.165) is 45.1 Å². The van der Waals surface area contributed by atoms with E-state index < -0.39 is 0 Å². The van der Waals surface area contributed by atoms with Gasteiger partial charge in [-0.25, -0.2) is 0 Å². The van der Waals surface area contributed by atoms with Gasteiger partial charge >= 0.3 is 0 Å². The van der Waals surface area contributed by atoms with E-state index in [1.165, 1.54) is 0 Å². The van der Waals surface area contributed by atoms with Gasteiger partial charge in [-0.15, -0.1) is 0 Å². The summed E-state index contributed by atoms with van der Waals surface area (Å²) in [5, 5.41) is 12.7. The second-order valence-corrected chi connectivity index (χ2v) is 4.88. The van der Waals surface area contributed by atoms with Crippen molar-refractivity contribution >= 4 is 5.91 Å². The topological polar surface area (TPSA) is 58.6 Å². The largest absolute Gasteiger partial charge is 0.391 e. The first-order valence-electron chi connectivity index (χ1n) is 6.33. The van der Waals surface area contributed by atoms with Crippen LogP contribution in [0.5, 0.6) is 0 Å². The van der Waals surface area contributed by atoms with Crippen LogP contribution in [0.3, 0.4) is 0 Å². The molecule has 1 amide bonds. The maximum Gasteiger partial charge on any atom is 0.225 e.